The number of methoxy groups -OCH3 is 2. The summed E-state index contributed by atoms with van der Waals surface area (Å²) in [6.07, 6.45) is 0. The highest BCUT2D eigenvalue weighted by atomic mass is 79.9. The van der Waals surface area contributed by atoms with Crippen molar-refractivity contribution < 1.29 is 13.9 Å². The number of hydrogen-bond donors (Lipinski definition) is 0. The fourth-order valence-corrected chi connectivity index (χ4v) is 1.43. The van der Waals surface area contributed by atoms with Gasteiger partial charge in [0.15, 0.2) is 11.5 Å². The number of halogens is 2. The minimum Gasteiger partial charge on any atom is -0.493 e. The molecule has 0 aliphatic heterocycles. The smallest absolute Gasteiger partial charge is 0.163 e. The number of hydrogen-bond acceptors (Lipinski definition) is 2. The van der Waals surface area contributed by atoms with Crippen molar-refractivity contribution in [3.8, 4) is 11.5 Å². The highest BCUT2D eigenvalue weighted by Gasteiger charge is 2.09. The lowest BCUT2D eigenvalue weighted by Gasteiger charge is -2.09. The monoisotopic (exact) mass is 248 g/mol. The standard InChI is InChI=1S/C9H10BrFO2/c1-12-8-3-6(5-10)7(11)4-9(8)13-2/h3-4H,5H2,1-2H3. The zero-order chi connectivity index (χ0) is 9.84. The zero-order valence-electron chi connectivity index (χ0n) is 7.43. The third-order valence-corrected chi connectivity index (χ3v) is 2.30. The van der Waals surface area contributed by atoms with E-state index in [1.54, 1.807) is 6.07 Å². The first kappa shape index (κ1) is 10.3. The van der Waals surface area contributed by atoms with Crippen molar-refractivity contribution in [2.75, 3.05) is 14.2 Å². The molecule has 0 fully saturated rings. The molecule has 0 atom stereocenters. The second kappa shape index (κ2) is 4.46. The molecule has 0 aromatic heterocycles. The molecule has 0 aliphatic rings. The Balaban J connectivity index is 3.18. The maximum Gasteiger partial charge on any atom is 0.163 e. The van der Waals surface area contributed by atoms with Gasteiger partial charge < -0.3 is 9.47 Å². The van der Waals surface area contributed by atoms with Crippen molar-refractivity contribution in [2.24, 2.45) is 0 Å². The molecule has 0 spiro atoms. The molecule has 0 amide bonds. The summed E-state index contributed by atoms with van der Waals surface area (Å²) in [6.45, 7) is 0. The van der Waals surface area contributed by atoms with Crippen molar-refractivity contribution in [1.82, 2.24) is 0 Å². The summed E-state index contributed by atoms with van der Waals surface area (Å²) in [5.74, 6) is 0.651. The predicted octanol–water partition coefficient (Wildman–Crippen LogP) is 2.74. The molecule has 0 saturated heterocycles. The van der Waals surface area contributed by atoms with Gasteiger partial charge in [0.05, 0.1) is 14.2 Å². The summed E-state index contributed by atoms with van der Waals surface area (Å²) < 4.78 is 23.1. The van der Waals surface area contributed by atoms with Gasteiger partial charge in [0, 0.05) is 17.0 Å². The van der Waals surface area contributed by atoms with E-state index in [0.717, 1.165) is 0 Å². The fraction of sp³-hybridized carbons (Fsp3) is 0.333. The van der Waals surface area contributed by atoms with Crippen molar-refractivity contribution in [2.45, 2.75) is 5.33 Å². The molecule has 72 valence electrons. The Bertz CT molecular complexity index is 302. The Morgan fingerprint density at radius 2 is 1.77 bits per heavy atom. The van der Waals surface area contributed by atoms with Gasteiger partial charge >= 0.3 is 0 Å². The Kier molecular flexibility index (Phi) is 3.54. The average molecular weight is 249 g/mol. The SMILES string of the molecule is COc1cc(F)c(CBr)cc1OC. The lowest BCUT2D eigenvalue weighted by atomic mass is 10.2. The Morgan fingerprint density at radius 1 is 1.23 bits per heavy atom. The highest BCUT2D eigenvalue weighted by molar-refractivity contribution is 9.08. The van der Waals surface area contributed by atoms with Crippen molar-refractivity contribution in [3.63, 3.8) is 0 Å². The van der Waals surface area contributed by atoms with E-state index in [2.05, 4.69) is 15.9 Å². The van der Waals surface area contributed by atoms with Gasteiger partial charge in [0.25, 0.3) is 0 Å². The van der Waals surface area contributed by atoms with Gasteiger partial charge in [-0.05, 0) is 6.07 Å². The van der Waals surface area contributed by atoms with Crippen LogP contribution in [0.15, 0.2) is 12.1 Å². The van der Waals surface area contributed by atoms with Gasteiger partial charge in [-0.15, -0.1) is 0 Å². The molecular weight excluding hydrogens is 239 g/mol. The van der Waals surface area contributed by atoms with E-state index < -0.39 is 0 Å². The third kappa shape index (κ3) is 2.12. The quantitative estimate of drug-likeness (QED) is 0.767. The van der Waals surface area contributed by atoms with Gasteiger partial charge in [-0.3, -0.25) is 0 Å². The first-order chi connectivity index (χ1) is 6.22. The average Bonchev–Trinajstić information content (AvgIpc) is 2.17. The predicted molar refractivity (Wildman–Crippen MR) is 52.1 cm³/mol. The molecule has 0 heterocycles. The molecule has 1 rings (SSSR count). The molecule has 0 bridgehead atoms. The van der Waals surface area contributed by atoms with Crippen LogP contribution in [0, 0.1) is 5.82 Å². The van der Waals surface area contributed by atoms with Crippen LogP contribution < -0.4 is 9.47 Å². The van der Waals surface area contributed by atoms with Crippen LogP contribution in [0.3, 0.4) is 0 Å². The van der Waals surface area contributed by atoms with Crippen LogP contribution in [0.1, 0.15) is 5.56 Å². The normalized spacial score (nSPS) is 9.85. The van der Waals surface area contributed by atoms with Crippen LogP contribution in [-0.2, 0) is 5.33 Å². The van der Waals surface area contributed by atoms with Crippen molar-refractivity contribution >= 4 is 15.9 Å². The van der Waals surface area contributed by atoms with Gasteiger partial charge in [0.1, 0.15) is 5.82 Å². The first-order valence-corrected chi connectivity index (χ1v) is 4.81. The topological polar surface area (TPSA) is 18.5 Å². The lowest BCUT2D eigenvalue weighted by Crippen LogP contribution is -1.94. The summed E-state index contributed by atoms with van der Waals surface area (Å²) in [5, 5.41) is 0.458. The van der Waals surface area contributed by atoms with Gasteiger partial charge in [-0.2, -0.15) is 0 Å². The van der Waals surface area contributed by atoms with Gasteiger partial charge in [-0.1, -0.05) is 15.9 Å². The minimum atomic E-state index is -0.297. The van der Waals surface area contributed by atoms with Crippen molar-refractivity contribution in [3.05, 3.63) is 23.5 Å². The maximum absolute atomic E-state index is 13.2. The van der Waals surface area contributed by atoms with Crippen LogP contribution in [0.25, 0.3) is 0 Å². The van der Waals surface area contributed by atoms with Crippen LogP contribution in [0.4, 0.5) is 4.39 Å². The zero-order valence-corrected chi connectivity index (χ0v) is 9.02. The van der Waals surface area contributed by atoms with E-state index in [-0.39, 0.29) is 5.82 Å². The Labute approximate surface area is 84.8 Å². The van der Waals surface area contributed by atoms with E-state index in [1.807, 2.05) is 0 Å². The van der Waals surface area contributed by atoms with Gasteiger partial charge in [0.2, 0.25) is 0 Å². The first-order valence-electron chi connectivity index (χ1n) is 3.69. The second-order valence-corrected chi connectivity index (χ2v) is 2.99. The van der Waals surface area contributed by atoms with E-state index in [1.165, 1.54) is 20.3 Å². The van der Waals surface area contributed by atoms with E-state index in [4.69, 9.17) is 9.47 Å². The summed E-state index contributed by atoms with van der Waals surface area (Å²) in [5.41, 5.74) is 0.553. The molecule has 4 heteroatoms. The molecule has 13 heavy (non-hydrogen) atoms. The Morgan fingerprint density at radius 3 is 2.23 bits per heavy atom. The molecule has 0 aliphatic carbocycles. The van der Waals surface area contributed by atoms with Crippen LogP contribution in [0.2, 0.25) is 0 Å². The largest absolute Gasteiger partial charge is 0.493 e. The molecule has 1 aromatic carbocycles. The number of ether oxygens (including phenoxy) is 2. The molecule has 0 unspecified atom stereocenters. The van der Waals surface area contributed by atoms with E-state index in [0.29, 0.717) is 22.4 Å². The Hall–Kier alpha value is -0.770. The summed E-state index contributed by atoms with van der Waals surface area (Å²) >= 11 is 3.18. The van der Waals surface area contributed by atoms with Crippen LogP contribution in [-0.4, -0.2) is 14.2 Å². The lowest BCUT2D eigenvalue weighted by molar-refractivity contribution is 0.352. The van der Waals surface area contributed by atoms with E-state index >= 15 is 0 Å². The number of benzene rings is 1. The van der Waals surface area contributed by atoms with Gasteiger partial charge in [-0.25, -0.2) is 4.39 Å². The fourth-order valence-electron chi connectivity index (χ4n) is 0.999. The van der Waals surface area contributed by atoms with Crippen molar-refractivity contribution in [1.29, 1.82) is 0 Å². The number of rotatable bonds is 3. The molecule has 2 nitrogen and oxygen atoms in total. The molecule has 0 radical (unpaired) electrons. The summed E-state index contributed by atoms with van der Waals surface area (Å²) in [4.78, 5) is 0. The molecular formula is C9H10BrFO2. The van der Waals surface area contributed by atoms with Crippen LogP contribution >= 0.6 is 15.9 Å². The molecule has 0 saturated carbocycles. The third-order valence-electron chi connectivity index (χ3n) is 1.70. The second-order valence-electron chi connectivity index (χ2n) is 2.43. The summed E-state index contributed by atoms with van der Waals surface area (Å²) in [7, 11) is 3.00. The maximum atomic E-state index is 13.2. The van der Waals surface area contributed by atoms with E-state index in [9.17, 15) is 4.39 Å². The highest BCUT2D eigenvalue weighted by Crippen LogP contribution is 2.30. The molecule has 1 aromatic rings. The number of alkyl halides is 1. The minimum absolute atomic E-state index is 0.297. The molecule has 0 N–H and O–H groups in total. The van der Waals surface area contributed by atoms with Crippen LogP contribution in [0.5, 0.6) is 11.5 Å². The summed E-state index contributed by atoms with van der Waals surface area (Å²) in [6, 6.07) is 2.93.